The topological polar surface area (TPSA) is 48.7 Å². The van der Waals surface area contributed by atoms with Crippen molar-refractivity contribution in [2.45, 2.75) is 38.8 Å². The fourth-order valence-corrected chi connectivity index (χ4v) is 1.84. The summed E-state index contributed by atoms with van der Waals surface area (Å²) in [5, 5.41) is 0. The van der Waals surface area contributed by atoms with E-state index in [1.807, 2.05) is 20.8 Å². The molecule has 0 unspecified atom stereocenters. The predicted molar refractivity (Wildman–Crippen MR) is 61.7 cm³/mol. The van der Waals surface area contributed by atoms with Gasteiger partial charge >= 0.3 is 0 Å². The molecule has 1 aliphatic heterocycles. The van der Waals surface area contributed by atoms with E-state index in [1.54, 1.807) is 18.2 Å². The maximum Gasteiger partial charge on any atom is 0.220 e. The molecule has 0 radical (unpaired) electrons. The monoisotopic (exact) mass is 236 g/mol. The van der Waals surface area contributed by atoms with Crippen LogP contribution < -0.4 is 0 Å². The minimum absolute atomic E-state index is 0.0642. The highest BCUT2D eigenvalue weighted by Crippen LogP contribution is 2.28. The van der Waals surface area contributed by atoms with Gasteiger partial charge in [-0.2, -0.15) is 0 Å². The van der Waals surface area contributed by atoms with Gasteiger partial charge in [0.15, 0.2) is 11.5 Å². The molecule has 1 fully saturated rings. The molecule has 1 aromatic heterocycles. The molecule has 0 spiro atoms. The van der Waals surface area contributed by atoms with Crippen LogP contribution >= 0.6 is 0 Å². The molecule has 2 atom stereocenters. The number of rotatable bonds is 3. The van der Waals surface area contributed by atoms with Gasteiger partial charge in [-0.3, -0.25) is 4.79 Å². The summed E-state index contributed by atoms with van der Waals surface area (Å²) in [6.45, 7) is 5.62. The summed E-state index contributed by atoms with van der Waals surface area (Å²) in [6, 6.07) is 3.31. The second kappa shape index (κ2) is 4.47. The van der Waals surface area contributed by atoms with Gasteiger partial charge in [0, 0.05) is 0 Å². The Balaban J connectivity index is 2.00. The maximum atomic E-state index is 11.7. The van der Waals surface area contributed by atoms with Gasteiger partial charge in [0.1, 0.15) is 6.10 Å². The van der Waals surface area contributed by atoms with Crippen LogP contribution in [0.25, 0.3) is 0 Å². The summed E-state index contributed by atoms with van der Waals surface area (Å²) in [7, 11) is 0. The molecule has 1 saturated heterocycles. The number of allylic oxidation sites excluding steroid dienone is 1. The minimum Gasteiger partial charge on any atom is -0.461 e. The van der Waals surface area contributed by atoms with Crippen molar-refractivity contribution in [3.63, 3.8) is 0 Å². The summed E-state index contributed by atoms with van der Waals surface area (Å²) in [5.41, 5.74) is 0. The first-order valence-corrected chi connectivity index (χ1v) is 5.59. The van der Waals surface area contributed by atoms with Crippen LogP contribution in [0.2, 0.25) is 0 Å². The molecule has 92 valence electrons. The lowest BCUT2D eigenvalue weighted by Gasteiger charge is -2.15. The maximum absolute atomic E-state index is 11.7. The number of hydrogen-bond donors (Lipinski definition) is 0. The fourth-order valence-electron chi connectivity index (χ4n) is 1.84. The quantitative estimate of drug-likeness (QED) is 0.597. The predicted octanol–water partition coefficient (Wildman–Crippen LogP) is 2.56. The molecule has 0 N–H and O–H groups in total. The van der Waals surface area contributed by atoms with Gasteiger partial charge in [-0.05, 0) is 45.1 Å². The lowest BCUT2D eigenvalue weighted by Crippen LogP contribution is -2.20. The van der Waals surface area contributed by atoms with Crippen LogP contribution in [-0.4, -0.2) is 23.8 Å². The number of ether oxygens (including phenoxy) is 2. The Kier molecular flexibility index (Phi) is 3.17. The van der Waals surface area contributed by atoms with Gasteiger partial charge in [0.2, 0.25) is 5.78 Å². The van der Waals surface area contributed by atoms with Crippen molar-refractivity contribution in [3.8, 4) is 0 Å². The highest BCUT2D eigenvalue weighted by Gasteiger charge is 2.37. The van der Waals surface area contributed by atoms with Crippen molar-refractivity contribution in [1.29, 1.82) is 0 Å². The lowest BCUT2D eigenvalue weighted by molar-refractivity contribution is -0.141. The smallest absolute Gasteiger partial charge is 0.220 e. The van der Waals surface area contributed by atoms with Crippen LogP contribution in [0.4, 0.5) is 0 Å². The number of furan rings is 1. The Morgan fingerprint density at radius 2 is 2.18 bits per heavy atom. The number of carbonyl (C=O) groups is 1. The molecular formula is C13H16O4. The molecule has 2 rings (SSSR count). The Labute approximate surface area is 100 Å². The van der Waals surface area contributed by atoms with Gasteiger partial charge in [0.05, 0.1) is 12.4 Å². The van der Waals surface area contributed by atoms with E-state index < -0.39 is 5.79 Å². The van der Waals surface area contributed by atoms with Crippen molar-refractivity contribution in [1.82, 2.24) is 0 Å². The molecule has 17 heavy (non-hydrogen) atoms. The van der Waals surface area contributed by atoms with Crippen LogP contribution in [0.5, 0.6) is 0 Å². The third kappa shape index (κ3) is 2.84. The van der Waals surface area contributed by atoms with Crippen LogP contribution in [0.3, 0.4) is 0 Å². The second-order valence-corrected chi connectivity index (χ2v) is 4.51. The molecule has 2 heterocycles. The largest absolute Gasteiger partial charge is 0.461 e. The molecule has 4 nitrogen and oxygen atoms in total. The molecule has 4 heteroatoms. The molecule has 0 bridgehead atoms. The number of ketones is 1. The zero-order valence-corrected chi connectivity index (χ0v) is 10.2. The SMILES string of the molecule is C[C@@H]1OC(C)(C)O[C@H]1/C=C/C(=O)c1ccco1. The third-order valence-electron chi connectivity index (χ3n) is 2.55. The second-order valence-electron chi connectivity index (χ2n) is 4.51. The van der Waals surface area contributed by atoms with E-state index >= 15 is 0 Å². The summed E-state index contributed by atoms with van der Waals surface area (Å²) in [4.78, 5) is 11.7. The Morgan fingerprint density at radius 1 is 1.41 bits per heavy atom. The number of carbonyl (C=O) groups excluding carboxylic acids is 1. The van der Waals surface area contributed by atoms with Crippen LogP contribution in [-0.2, 0) is 9.47 Å². The van der Waals surface area contributed by atoms with Crippen molar-refractivity contribution >= 4 is 5.78 Å². The summed E-state index contributed by atoms with van der Waals surface area (Å²) in [5.74, 6) is -0.440. The minimum atomic E-state index is -0.595. The highest BCUT2D eigenvalue weighted by molar-refractivity contribution is 6.02. The van der Waals surface area contributed by atoms with E-state index in [4.69, 9.17) is 13.9 Å². The van der Waals surface area contributed by atoms with Gasteiger partial charge in [-0.25, -0.2) is 0 Å². The van der Waals surface area contributed by atoms with E-state index in [0.29, 0.717) is 5.76 Å². The van der Waals surface area contributed by atoms with Crippen molar-refractivity contribution in [3.05, 3.63) is 36.3 Å². The molecule has 0 amide bonds. The zero-order valence-electron chi connectivity index (χ0n) is 10.2. The molecule has 1 aliphatic rings. The first-order chi connectivity index (χ1) is 7.98. The van der Waals surface area contributed by atoms with Crippen LogP contribution in [0.15, 0.2) is 35.0 Å². The first kappa shape index (κ1) is 12.1. The molecule has 0 aromatic carbocycles. The van der Waals surface area contributed by atoms with Gasteiger partial charge in [-0.1, -0.05) is 0 Å². The highest BCUT2D eigenvalue weighted by atomic mass is 16.7. The van der Waals surface area contributed by atoms with E-state index in [9.17, 15) is 4.79 Å². The van der Waals surface area contributed by atoms with E-state index in [-0.39, 0.29) is 18.0 Å². The van der Waals surface area contributed by atoms with Crippen LogP contribution in [0, 0.1) is 0 Å². The summed E-state index contributed by atoms with van der Waals surface area (Å²) in [6.07, 6.45) is 4.38. The summed E-state index contributed by atoms with van der Waals surface area (Å²) >= 11 is 0. The zero-order chi connectivity index (χ0) is 12.5. The van der Waals surface area contributed by atoms with Crippen molar-refractivity contribution in [2.24, 2.45) is 0 Å². The normalized spacial score (nSPS) is 27.7. The van der Waals surface area contributed by atoms with Crippen molar-refractivity contribution < 1.29 is 18.7 Å². The van der Waals surface area contributed by atoms with E-state index in [0.717, 1.165) is 0 Å². The van der Waals surface area contributed by atoms with Crippen molar-refractivity contribution in [2.75, 3.05) is 0 Å². The first-order valence-electron chi connectivity index (χ1n) is 5.59. The van der Waals surface area contributed by atoms with Gasteiger partial charge in [-0.15, -0.1) is 0 Å². The number of hydrogen-bond acceptors (Lipinski definition) is 4. The molecular weight excluding hydrogens is 220 g/mol. The Morgan fingerprint density at radius 3 is 2.71 bits per heavy atom. The van der Waals surface area contributed by atoms with E-state index in [2.05, 4.69) is 0 Å². The summed E-state index contributed by atoms with van der Waals surface area (Å²) < 4.78 is 16.2. The standard InChI is InChI=1S/C13H16O4/c1-9-11(17-13(2,3)16-9)7-6-10(14)12-5-4-8-15-12/h4-9,11H,1-3H3/b7-6+/t9-,11-/m0/s1. The average Bonchev–Trinajstić information content (AvgIpc) is 2.82. The Hall–Kier alpha value is -1.39. The third-order valence-corrected chi connectivity index (χ3v) is 2.55. The Bertz CT molecular complexity index is 417. The van der Waals surface area contributed by atoms with Crippen LogP contribution in [0.1, 0.15) is 31.3 Å². The van der Waals surface area contributed by atoms with E-state index in [1.165, 1.54) is 12.3 Å². The molecule has 0 saturated carbocycles. The van der Waals surface area contributed by atoms with Gasteiger partial charge in [0.25, 0.3) is 0 Å². The molecule has 0 aliphatic carbocycles. The molecule has 1 aromatic rings. The average molecular weight is 236 g/mol. The van der Waals surface area contributed by atoms with Gasteiger partial charge < -0.3 is 13.9 Å². The fraction of sp³-hybridized carbons (Fsp3) is 0.462. The lowest BCUT2D eigenvalue weighted by atomic mass is 10.2.